The number of imidazole rings is 1. The Kier molecular flexibility index (Phi) is 12.6. The lowest BCUT2D eigenvalue weighted by Gasteiger charge is -2.19. The molecule has 0 amide bonds. The van der Waals surface area contributed by atoms with Gasteiger partial charge in [-0.3, -0.25) is 19.7 Å². The molecule has 2 heterocycles. The van der Waals surface area contributed by atoms with Crippen LogP contribution in [0.1, 0.15) is 26.3 Å². The van der Waals surface area contributed by atoms with E-state index in [2.05, 4.69) is 20.0 Å². The predicted octanol–water partition coefficient (Wildman–Crippen LogP) is 3.05. The Morgan fingerprint density at radius 3 is 2.81 bits per heavy atom. The molecule has 36 heavy (non-hydrogen) atoms. The van der Waals surface area contributed by atoms with Gasteiger partial charge in [-0.05, 0) is 24.6 Å². The van der Waals surface area contributed by atoms with Gasteiger partial charge in [0.2, 0.25) is 5.95 Å². The highest BCUT2D eigenvalue weighted by Gasteiger charge is 2.14. The lowest BCUT2D eigenvalue weighted by atomic mass is 10.2. The third kappa shape index (κ3) is 8.72. The molecule has 12 nitrogen and oxygen atoms in total. The number of halogens is 1. The normalized spacial score (nSPS) is 11.6. The number of nitrogens with zero attached hydrogens (tertiary/aromatic N) is 3. The largest absolute Gasteiger partial charge is 0.495 e. The molecule has 3 rings (SSSR count). The molecule has 0 bridgehead atoms. The number of nitrogens with two attached hydrogens (primary N) is 1. The molecule has 4 N–H and O–H groups in total. The predicted molar refractivity (Wildman–Crippen MR) is 139 cm³/mol. The van der Waals surface area contributed by atoms with Gasteiger partial charge >= 0.3 is 5.97 Å². The number of esters is 1. The highest BCUT2D eigenvalue weighted by Crippen LogP contribution is 2.34. The van der Waals surface area contributed by atoms with Gasteiger partial charge in [-0.1, -0.05) is 31.5 Å². The minimum absolute atomic E-state index is 0.00952. The molecule has 1 unspecified atom stereocenters. The maximum absolute atomic E-state index is 11.9. The van der Waals surface area contributed by atoms with Crippen LogP contribution in [0.4, 0.5) is 5.95 Å². The third-order valence-electron chi connectivity index (χ3n) is 4.49. The first-order valence-corrected chi connectivity index (χ1v) is 13.1. The fraction of sp³-hybridized carbons (Fsp3) is 0.455. The summed E-state index contributed by atoms with van der Waals surface area (Å²) in [6.45, 7) is 6.96. The topological polar surface area (TPSA) is 156 Å². The van der Waals surface area contributed by atoms with Crippen LogP contribution in [0.15, 0.2) is 29.3 Å². The number of nitrogens with one attached hydrogen (secondary N) is 2. The molecular weight excluding hydrogens is 511 g/mol. The summed E-state index contributed by atoms with van der Waals surface area (Å²) in [5.74, 6) is 0.200. The van der Waals surface area contributed by atoms with E-state index in [1.165, 1.54) is 6.33 Å². The molecule has 1 aromatic carbocycles. The zero-order valence-electron chi connectivity index (χ0n) is 20.7. The number of benzene rings is 1. The van der Waals surface area contributed by atoms with Crippen molar-refractivity contribution in [2.24, 2.45) is 0 Å². The highest BCUT2D eigenvalue weighted by atomic mass is 35.5. The average molecular weight is 543 g/mol. The minimum atomic E-state index is -1.33. The summed E-state index contributed by atoms with van der Waals surface area (Å²) < 4.78 is 23.5. The molecule has 1 atom stereocenters. The fourth-order valence-corrected chi connectivity index (χ4v) is 4.33. The van der Waals surface area contributed by atoms with Gasteiger partial charge in [0.05, 0.1) is 44.8 Å². The van der Waals surface area contributed by atoms with Crippen molar-refractivity contribution >= 4 is 43.0 Å². The Bertz CT molecular complexity index is 1170. The van der Waals surface area contributed by atoms with Gasteiger partial charge in [0.1, 0.15) is 20.4 Å². The number of methoxy groups -OCH3 is 1. The van der Waals surface area contributed by atoms with Gasteiger partial charge in [-0.25, -0.2) is 4.98 Å². The quantitative estimate of drug-likeness (QED) is 0.167. The molecule has 0 aliphatic carbocycles. The number of anilines is 1. The van der Waals surface area contributed by atoms with Crippen LogP contribution in [0.25, 0.3) is 11.2 Å². The van der Waals surface area contributed by atoms with Crippen molar-refractivity contribution in [3.8, 4) is 5.75 Å². The zero-order chi connectivity index (χ0) is 26.5. The molecule has 3 aromatic rings. The Morgan fingerprint density at radius 2 is 2.11 bits per heavy atom. The van der Waals surface area contributed by atoms with Gasteiger partial charge < -0.3 is 29.0 Å². The Balaban J connectivity index is 0.00000222. The summed E-state index contributed by atoms with van der Waals surface area (Å²) in [7, 11) is 0.219. The first-order valence-electron chi connectivity index (χ1n) is 11.3. The van der Waals surface area contributed by atoms with E-state index in [1.54, 1.807) is 30.7 Å². The number of carbonyl (C=O) groups is 1. The number of hydrogen-bond acceptors (Lipinski definition) is 10. The van der Waals surface area contributed by atoms with E-state index in [0.717, 1.165) is 5.56 Å². The molecule has 14 heteroatoms. The summed E-state index contributed by atoms with van der Waals surface area (Å²) in [6, 6.07) is 5.35. The van der Waals surface area contributed by atoms with Crippen molar-refractivity contribution in [1.29, 1.82) is 0 Å². The number of nitrogen functional groups attached to an aromatic ring is 1. The van der Waals surface area contributed by atoms with Crippen LogP contribution in [0.5, 0.6) is 5.75 Å². The van der Waals surface area contributed by atoms with E-state index < -0.39 is 13.9 Å². The molecule has 0 aliphatic rings. The van der Waals surface area contributed by atoms with Crippen molar-refractivity contribution < 1.29 is 23.5 Å². The summed E-state index contributed by atoms with van der Waals surface area (Å²) in [5, 5.41) is 3.52. The Labute approximate surface area is 215 Å². The third-order valence-corrected chi connectivity index (χ3v) is 6.15. The second kappa shape index (κ2) is 15.4. The SMILES string of the molecule is CC.CCOC(=O)CNP(COCCn1cnc2c(=O)[nH]c(N)nc21)OCc1ccc(OC)c(Cl)c1. The molecule has 0 radical (unpaired) electrons. The summed E-state index contributed by atoms with van der Waals surface area (Å²) >= 11 is 6.18. The van der Waals surface area contributed by atoms with E-state index >= 15 is 0 Å². The van der Waals surface area contributed by atoms with Gasteiger partial charge in [-0.2, -0.15) is 4.98 Å². The summed E-state index contributed by atoms with van der Waals surface area (Å²) in [4.78, 5) is 34.2. The molecule has 0 saturated heterocycles. The average Bonchev–Trinajstić information content (AvgIpc) is 3.27. The molecule has 0 saturated carbocycles. The Hall–Kier alpha value is -2.76. The van der Waals surface area contributed by atoms with Crippen LogP contribution in [0.2, 0.25) is 5.02 Å². The zero-order valence-corrected chi connectivity index (χ0v) is 22.4. The number of fused-ring (bicyclic) bond motifs is 1. The number of rotatable bonds is 13. The molecule has 0 aliphatic heterocycles. The number of ether oxygens (including phenoxy) is 3. The minimum Gasteiger partial charge on any atom is -0.495 e. The monoisotopic (exact) mass is 542 g/mol. The molecule has 198 valence electrons. The summed E-state index contributed by atoms with van der Waals surface area (Å²) in [5.41, 5.74) is 6.64. The maximum atomic E-state index is 11.9. The van der Waals surface area contributed by atoms with E-state index in [-0.39, 0.29) is 43.5 Å². The number of carbonyl (C=O) groups excluding carboxylic acids is 1. The van der Waals surface area contributed by atoms with E-state index in [0.29, 0.717) is 29.6 Å². The van der Waals surface area contributed by atoms with Crippen molar-refractivity contribution in [2.75, 3.05) is 38.9 Å². The first-order chi connectivity index (χ1) is 17.4. The van der Waals surface area contributed by atoms with E-state index in [9.17, 15) is 9.59 Å². The van der Waals surface area contributed by atoms with Gasteiger partial charge in [-0.15, -0.1) is 0 Å². The fourth-order valence-electron chi connectivity index (χ4n) is 2.89. The molecular formula is C22H32ClN6O6P. The van der Waals surface area contributed by atoms with Crippen LogP contribution in [-0.4, -0.2) is 58.7 Å². The molecule has 0 fully saturated rings. The molecule has 2 aromatic heterocycles. The van der Waals surface area contributed by atoms with Crippen LogP contribution >= 0.6 is 19.9 Å². The van der Waals surface area contributed by atoms with Crippen molar-refractivity contribution in [3.63, 3.8) is 0 Å². The number of hydrogen-bond donors (Lipinski definition) is 3. The lowest BCUT2D eigenvalue weighted by molar-refractivity contribution is -0.141. The van der Waals surface area contributed by atoms with Crippen molar-refractivity contribution in [1.82, 2.24) is 24.6 Å². The van der Waals surface area contributed by atoms with Gasteiger partial charge in [0, 0.05) is 6.54 Å². The molecule has 0 spiro atoms. The van der Waals surface area contributed by atoms with Gasteiger partial charge in [0.25, 0.3) is 5.56 Å². The first kappa shape index (κ1) is 29.5. The van der Waals surface area contributed by atoms with Gasteiger partial charge in [0.15, 0.2) is 11.2 Å². The standard InChI is InChI=1S/C20H26ClN6O6P.C2H6/c1-3-32-16(28)9-24-34(33-10-13-4-5-15(30-2)14(21)8-13)12-31-7-6-27-11-23-17-18(27)25-20(22)26-19(17)29;1-2/h4-5,8,11,24H,3,6-7,9-10,12H2,1-2H3,(H3,22,25,26,29);1-2H3. The second-order valence-electron chi connectivity index (χ2n) is 6.86. The number of aromatic nitrogens is 4. The van der Waals surface area contributed by atoms with Crippen LogP contribution in [-0.2, 0) is 31.9 Å². The smallest absolute Gasteiger partial charge is 0.320 e. The lowest BCUT2D eigenvalue weighted by Crippen LogP contribution is -2.23. The van der Waals surface area contributed by atoms with Crippen molar-refractivity contribution in [3.05, 3.63) is 45.5 Å². The van der Waals surface area contributed by atoms with Crippen LogP contribution in [0, 0.1) is 0 Å². The van der Waals surface area contributed by atoms with Crippen LogP contribution < -0.4 is 21.1 Å². The Morgan fingerprint density at radius 1 is 1.33 bits per heavy atom. The summed E-state index contributed by atoms with van der Waals surface area (Å²) in [6.07, 6.45) is 1.71. The van der Waals surface area contributed by atoms with E-state index in [4.69, 9.17) is 36.1 Å². The van der Waals surface area contributed by atoms with Crippen LogP contribution in [0.3, 0.4) is 0 Å². The maximum Gasteiger partial charge on any atom is 0.320 e. The number of H-pyrrole nitrogens is 1. The van der Waals surface area contributed by atoms with Crippen molar-refractivity contribution in [2.45, 2.75) is 33.9 Å². The van der Waals surface area contributed by atoms with E-state index in [1.807, 2.05) is 19.9 Å². The second-order valence-corrected chi connectivity index (χ2v) is 8.86. The number of aromatic amines is 1. The highest BCUT2D eigenvalue weighted by molar-refractivity contribution is 7.50.